The van der Waals surface area contributed by atoms with E-state index in [9.17, 15) is 9.59 Å². The quantitative estimate of drug-likeness (QED) is 0.905. The van der Waals surface area contributed by atoms with Crippen LogP contribution in [0.25, 0.3) is 0 Å². The molecule has 0 atom stereocenters. The Morgan fingerprint density at radius 1 is 1.12 bits per heavy atom. The molecule has 2 N–H and O–H groups in total. The summed E-state index contributed by atoms with van der Waals surface area (Å²) < 4.78 is 11.2. The second-order valence-electron chi connectivity index (χ2n) is 5.84. The molecule has 0 aliphatic carbocycles. The molecule has 2 amide bonds. The SMILES string of the molecule is Cc1cccc(N(CCC(N)=O)C(=O)c2cccc3c2OCCO3)c1. The number of nitrogens with two attached hydrogens (primary N) is 1. The summed E-state index contributed by atoms with van der Waals surface area (Å²) >= 11 is 0. The molecule has 25 heavy (non-hydrogen) atoms. The van der Waals surface area contributed by atoms with Crippen molar-refractivity contribution < 1.29 is 19.1 Å². The lowest BCUT2D eigenvalue weighted by atomic mass is 10.1. The van der Waals surface area contributed by atoms with Crippen molar-refractivity contribution in [3.8, 4) is 11.5 Å². The highest BCUT2D eigenvalue weighted by Gasteiger charge is 2.25. The average molecular weight is 340 g/mol. The fourth-order valence-corrected chi connectivity index (χ4v) is 2.75. The number of anilines is 1. The fourth-order valence-electron chi connectivity index (χ4n) is 2.75. The van der Waals surface area contributed by atoms with E-state index in [0.717, 1.165) is 5.56 Å². The van der Waals surface area contributed by atoms with Gasteiger partial charge in [0.15, 0.2) is 11.5 Å². The molecule has 2 aromatic carbocycles. The molecule has 130 valence electrons. The van der Waals surface area contributed by atoms with E-state index in [1.165, 1.54) is 0 Å². The molecule has 0 fully saturated rings. The van der Waals surface area contributed by atoms with Crippen LogP contribution in [0.4, 0.5) is 5.69 Å². The van der Waals surface area contributed by atoms with Gasteiger partial charge in [-0.1, -0.05) is 18.2 Å². The van der Waals surface area contributed by atoms with Crippen LogP contribution in [0.1, 0.15) is 22.3 Å². The second kappa shape index (κ2) is 7.25. The van der Waals surface area contributed by atoms with E-state index in [1.807, 2.05) is 31.2 Å². The van der Waals surface area contributed by atoms with Gasteiger partial charge >= 0.3 is 0 Å². The minimum Gasteiger partial charge on any atom is -0.486 e. The normalized spacial score (nSPS) is 12.5. The lowest BCUT2D eigenvalue weighted by Gasteiger charge is -2.26. The van der Waals surface area contributed by atoms with Gasteiger partial charge in [-0.15, -0.1) is 0 Å². The zero-order chi connectivity index (χ0) is 17.8. The number of para-hydroxylation sites is 1. The maximum atomic E-state index is 13.2. The molecular formula is C19H20N2O4. The van der Waals surface area contributed by atoms with E-state index in [4.69, 9.17) is 15.2 Å². The van der Waals surface area contributed by atoms with Crippen molar-refractivity contribution in [2.24, 2.45) is 5.73 Å². The van der Waals surface area contributed by atoms with Crippen LogP contribution in [0.5, 0.6) is 11.5 Å². The third kappa shape index (κ3) is 3.74. The minimum atomic E-state index is -0.458. The molecule has 6 heteroatoms. The predicted molar refractivity (Wildman–Crippen MR) is 94.1 cm³/mol. The first-order chi connectivity index (χ1) is 12.1. The molecule has 1 aliphatic heterocycles. The number of nitrogens with zero attached hydrogens (tertiary/aromatic N) is 1. The fraction of sp³-hybridized carbons (Fsp3) is 0.263. The number of amides is 2. The van der Waals surface area contributed by atoms with E-state index in [2.05, 4.69) is 0 Å². The average Bonchev–Trinajstić information content (AvgIpc) is 2.61. The number of ether oxygens (including phenoxy) is 2. The van der Waals surface area contributed by atoms with Crippen LogP contribution in [0.15, 0.2) is 42.5 Å². The number of hydrogen-bond acceptors (Lipinski definition) is 4. The topological polar surface area (TPSA) is 81.9 Å². The molecule has 0 aromatic heterocycles. The summed E-state index contributed by atoms with van der Waals surface area (Å²) in [5.41, 5.74) is 7.41. The van der Waals surface area contributed by atoms with E-state index < -0.39 is 5.91 Å². The van der Waals surface area contributed by atoms with Gasteiger partial charge in [-0.3, -0.25) is 9.59 Å². The van der Waals surface area contributed by atoms with Crippen LogP contribution in [-0.2, 0) is 4.79 Å². The number of aryl methyl sites for hydroxylation is 1. The second-order valence-corrected chi connectivity index (χ2v) is 5.84. The van der Waals surface area contributed by atoms with Crippen LogP contribution in [0.3, 0.4) is 0 Å². The zero-order valence-electron chi connectivity index (χ0n) is 14.0. The Morgan fingerprint density at radius 2 is 1.88 bits per heavy atom. The first kappa shape index (κ1) is 16.8. The molecule has 0 spiro atoms. The molecule has 3 rings (SSSR count). The van der Waals surface area contributed by atoms with Crippen LogP contribution >= 0.6 is 0 Å². The van der Waals surface area contributed by atoms with Gasteiger partial charge in [0.25, 0.3) is 5.91 Å². The van der Waals surface area contributed by atoms with E-state index in [1.54, 1.807) is 23.1 Å². The van der Waals surface area contributed by atoms with Gasteiger partial charge in [0.2, 0.25) is 5.91 Å². The molecule has 0 saturated carbocycles. The van der Waals surface area contributed by atoms with E-state index in [-0.39, 0.29) is 18.9 Å². The van der Waals surface area contributed by atoms with Gasteiger partial charge in [-0.25, -0.2) is 0 Å². The summed E-state index contributed by atoms with van der Waals surface area (Å²) in [5, 5.41) is 0. The number of hydrogen-bond donors (Lipinski definition) is 1. The lowest BCUT2D eigenvalue weighted by Crippen LogP contribution is -2.34. The maximum absolute atomic E-state index is 13.2. The Labute approximate surface area is 146 Å². The van der Waals surface area contributed by atoms with Crippen LogP contribution in [-0.4, -0.2) is 31.6 Å². The molecular weight excluding hydrogens is 320 g/mol. The summed E-state index contributed by atoms with van der Waals surface area (Å²) in [4.78, 5) is 26.0. The van der Waals surface area contributed by atoms with Crippen molar-refractivity contribution in [2.75, 3.05) is 24.7 Å². The number of carbonyl (C=O) groups is 2. The third-order valence-corrected chi connectivity index (χ3v) is 3.94. The predicted octanol–water partition coefficient (Wildman–Crippen LogP) is 2.29. The van der Waals surface area contributed by atoms with Crippen molar-refractivity contribution in [3.63, 3.8) is 0 Å². The number of fused-ring (bicyclic) bond motifs is 1. The molecule has 0 unspecified atom stereocenters. The van der Waals surface area contributed by atoms with Gasteiger partial charge in [-0.2, -0.15) is 0 Å². The van der Waals surface area contributed by atoms with Crippen molar-refractivity contribution in [1.82, 2.24) is 0 Å². The highest BCUT2D eigenvalue weighted by molar-refractivity contribution is 6.08. The Kier molecular flexibility index (Phi) is 4.88. The summed E-state index contributed by atoms with van der Waals surface area (Å²) in [6.07, 6.45) is 0.0755. The van der Waals surface area contributed by atoms with Gasteiger partial charge < -0.3 is 20.1 Å². The number of rotatable bonds is 5. The molecule has 6 nitrogen and oxygen atoms in total. The van der Waals surface area contributed by atoms with Crippen molar-refractivity contribution in [2.45, 2.75) is 13.3 Å². The molecule has 0 bridgehead atoms. The third-order valence-electron chi connectivity index (χ3n) is 3.94. The standard InChI is InChI=1S/C19H20N2O4/c1-13-4-2-5-14(12-13)21(9-8-17(20)22)19(23)15-6-3-7-16-18(15)25-11-10-24-16/h2-7,12H,8-11H2,1H3,(H2,20,22). The Hall–Kier alpha value is -3.02. The summed E-state index contributed by atoms with van der Waals surface area (Å²) in [6.45, 7) is 2.99. The molecule has 1 aliphatic rings. The monoisotopic (exact) mass is 340 g/mol. The van der Waals surface area contributed by atoms with Crippen molar-refractivity contribution in [3.05, 3.63) is 53.6 Å². The van der Waals surface area contributed by atoms with Gasteiger partial charge in [0.05, 0.1) is 5.56 Å². The molecule has 1 heterocycles. The van der Waals surface area contributed by atoms with Crippen LogP contribution < -0.4 is 20.1 Å². The van der Waals surface area contributed by atoms with E-state index in [0.29, 0.717) is 36.0 Å². The molecule has 2 aromatic rings. The van der Waals surface area contributed by atoms with Crippen LogP contribution in [0.2, 0.25) is 0 Å². The van der Waals surface area contributed by atoms with Gasteiger partial charge in [0.1, 0.15) is 13.2 Å². The smallest absolute Gasteiger partial charge is 0.262 e. The summed E-state index contributed by atoms with van der Waals surface area (Å²) in [7, 11) is 0. The van der Waals surface area contributed by atoms with Gasteiger partial charge in [0, 0.05) is 18.7 Å². The highest BCUT2D eigenvalue weighted by atomic mass is 16.6. The molecule has 0 saturated heterocycles. The maximum Gasteiger partial charge on any atom is 0.262 e. The Morgan fingerprint density at radius 3 is 2.64 bits per heavy atom. The number of carbonyl (C=O) groups excluding carboxylic acids is 2. The summed E-state index contributed by atoms with van der Waals surface area (Å²) in [5.74, 6) is 0.279. The minimum absolute atomic E-state index is 0.0755. The lowest BCUT2D eigenvalue weighted by molar-refractivity contribution is -0.117. The Bertz CT molecular complexity index is 804. The number of benzene rings is 2. The largest absolute Gasteiger partial charge is 0.486 e. The molecule has 0 radical (unpaired) electrons. The first-order valence-corrected chi connectivity index (χ1v) is 8.11. The van der Waals surface area contributed by atoms with Crippen molar-refractivity contribution >= 4 is 17.5 Å². The highest BCUT2D eigenvalue weighted by Crippen LogP contribution is 2.35. The summed E-state index contributed by atoms with van der Waals surface area (Å²) in [6, 6.07) is 12.8. The zero-order valence-corrected chi connectivity index (χ0v) is 14.0. The first-order valence-electron chi connectivity index (χ1n) is 8.11. The van der Waals surface area contributed by atoms with Crippen molar-refractivity contribution in [1.29, 1.82) is 0 Å². The van der Waals surface area contributed by atoms with E-state index >= 15 is 0 Å². The van der Waals surface area contributed by atoms with Crippen LogP contribution in [0, 0.1) is 6.92 Å². The number of primary amides is 1. The Balaban J connectivity index is 1.98. The van der Waals surface area contributed by atoms with Gasteiger partial charge in [-0.05, 0) is 36.8 Å².